The fourth-order valence-electron chi connectivity index (χ4n) is 3.28. The van der Waals surface area contributed by atoms with Crippen molar-refractivity contribution in [1.82, 2.24) is 20.9 Å². The topological polar surface area (TPSA) is 68.8 Å². The minimum absolute atomic E-state index is 0. The number of likely N-dealkylation sites (tertiary alicyclic amines) is 1. The van der Waals surface area contributed by atoms with E-state index < -0.39 is 0 Å². The summed E-state index contributed by atoms with van der Waals surface area (Å²) in [5.74, 6) is 0.700. The van der Waals surface area contributed by atoms with E-state index in [0.717, 1.165) is 32.4 Å². The molecule has 1 aromatic carbocycles. The summed E-state index contributed by atoms with van der Waals surface area (Å²) in [6.45, 7) is 7.34. The van der Waals surface area contributed by atoms with Crippen LogP contribution < -0.4 is 16.0 Å². The molecule has 27 heavy (non-hydrogen) atoms. The van der Waals surface area contributed by atoms with Gasteiger partial charge in [-0.25, -0.2) is 0 Å². The van der Waals surface area contributed by atoms with E-state index in [0.29, 0.717) is 24.6 Å². The molecule has 0 radical (unpaired) electrons. The Balaban J connectivity index is 0.00000364. The van der Waals surface area contributed by atoms with Gasteiger partial charge in [0.2, 0.25) is 5.91 Å². The van der Waals surface area contributed by atoms with Gasteiger partial charge in [0.05, 0.1) is 6.54 Å². The molecule has 3 N–H and O–H groups in total. The Kier molecular flexibility index (Phi) is 11.3. The summed E-state index contributed by atoms with van der Waals surface area (Å²) in [4.78, 5) is 18.5. The number of carbonyl (C=O) groups is 1. The van der Waals surface area contributed by atoms with Crippen LogP contribution in [0.3, 0.4) is 0 Å². The third-order valence-corrected chi connectivity index (χ3v) is 4.80. The first-order chi connectivity index (χ1) is 12.6. The van der Waals surface area contributed by atoms with Gasteiger partial charge in [0.1, 0.15) is 0 Å². The van der Waals surface area contributed by atoms with Crippen molar-refractivity contribution in [3.05, 3.63) is 35.9 Å². The second-order valence-electron chi connectivity index (χ2n) is 6.95. The largest absolute Gasteiger partial charge is 0.355 e. The maximum absolute atomic E-state index is 11.7. The van der Waals surface area contributed by atoms with Crippen LogP contribution in [0.2, 0.25) is 0 Å². The molecule has 0 aromatic heterocycles. The number of aliphatic imine (C=N–C) groups is 1. The third kappa shape index (κ3) is 8.47. The number of nitrogens with zero attached hydrogens (tertiary/aromatic N) is 2. The molecule has 1 aliphatic heterocycles. The molecule has 1 aliphatic rings. The first-order valence-electron chi connectivity index (χ1n) is 9.64. The summed E-state index contributed by atoms with van der Waals surface area (Å²) in [7, 11) is 1.74. The Morgan fingerprint density at radius 3 is 2.63 bits per heavy atom. The zero-order valence-electron chi connectivity index (χ0n) is 16.7. The van der Waals surface area contributed by atoms with Crippen LogP contribution in [-0.2, 0) is 11.3 Å². The van der Waals surface area contributed by atoms with E-state index >= 15 is 0 Å². The molecule has 1 aromatic rings. The van der Waals surface area contributed by atoms with E-state index in [1.165, 1.54) is 5.56 Å². The predicted molar refractivity (Wildman–Crippen MR) is 123 cm³/mol. The lowest BCUT2D eigenvalue weighted by atomic mass is 9.97. The van der Waals surface area contributed by atoms with Crippen molar-refractivity contribution in [2.24, 2.45) is 4.99 Å². The molecule has 0 bridgehead atoms. The molecule has 1 amide bonds. The minimum atomic E-state index is 0. The number of nitrogens with one attached hydrogen (secondary N) is 3. The van der Waals surface area contributed by atoms with Gasteiger partial charge in [0, 0.05) is 38.8 Å². The maximum atomic E-state index is 11.7. The molecule has 2 unspecified atom stereocenters. The number of rotatable bonds is 7. The Morgan fingerprint density at radius 1 is 1.26 bits per heavy atom. The zero-order chi connectivity index (χ0) is 18.8. The second-order valence-corrected chi connectivity index (χ2v) is 6.95. The lowest BCUT2D eigenvalue weighted by Gasteiger charge is -2.38. The van der Waals surface area contributed by atoms with Crippen LogP contribution in [0.25, 0.3) is 0 Å². The van der Waals surface area contributed by atoms with Gasteiger partial charge in [0.25, 0.3) is 0 Å². The number of guanidine groups is 1. The molecule has 7 heteroatoms. The van der Waals surface area contributed by atoms with E-state index in [4.69, 9.17) is 0 Å². The summed E-state index contributed by atoms with van der Waals surface area (Å²) < 4.78 is 0. The van der Waals surface area contributed by atoms with Crippen LogP contribution in [0.1, 0.15) is 38.7 Å². The van der Waals surface area contributed by atoms with Crippen molar-refractivity contribution in [1.29, 1.82) is 0 Å². The number of piperidine rings is 1. The molecule has 0 aliphatic carbocycles. The molecule has 0 saturated carbocycles. The first kappa shape index (κ1) is 23.7. The Bertz CT molecular complexity index is 581. The maximum Gasteiger partial charge on any atom is 0.239 e. The van der Waals surface area contributed by atoms with Crippen molar-refractivity contribution in [2.45, 2.75) is 51.7 Å². The van der Waals surface area contributed by atoms with Gasteiger partial charge in [-0.3, -0.25) is 14.7 Å². The quantitative estimate of drug-likeness (QED) is 0.314. The monoisotopic (exact) mass is 487 g/mol. The SMILES string of the molecule is CCCNC(=O)CNC(=NC)NC1CCN(Cc2ccccc2)C(C)C1.I. The number of benzene rings is 1. The molecule has 152 valence electrons. The first-order valence-corrected chi connectivity index (χ1v) is 9.64. The normalized spacial score (nSPS) is 20.5. The molecular weight excluding hydrogens is 453 g/mol. The van der Waals surface area contributed by atoms with Gasteiger partial charge in [-0.2, -0.15) is 0 Å². The van der Waals surface area contributed by atoms with Gasteiger partial charge in [-0.05, 0) is 31.7 Å². The Morgan fingerprint density at radius 2 is 2.00 bits per heavy atom. The van der Waals surface area contributed by atoms with Crippen LogP contribution in [0.5, 0.6) is 0 Å². The fourth-order valence-corrected chi connectivity index (χ4v) is 3.28. The number of hydrogen-bond donors (Lipinski definition) is 3. The molecular formula is C20H34IN5O. The standard InChI is InChI=1S/C20H33N5O.HI/c1-4-11-22-19(26)14-23-20(21-3)24-18-10-12-25(16(2)13-18)15-17-8-6-5-7-9-17;/h5-9,16,18H,4,10-15H2,1-3H3,(H,22,26)(H2,21,23,24);1H. The predicted octanol–water partition coefficient (Wildman–Crippen LogP) is 2.35. The van der Waals surface area contributed by atoms with Crippen molar-refractivity contribution in [3.63, 3.8) is 0 Å². The molecule has 1 saturated heterocycles. The summed E-state index contributed by atoms with van der Waals surface area (Å²) in [5, 5.41) is 9.43. The average molecular weight is 487 g/mol. The lowest BCUT2D eigenvalue weighted by Crippen LogP contribution is -2.52. The van der Waals surface area contributed by atoms with Gasteiger partial charge < -0.3 is 16.0 Å². The fraction of sp³-hybridized carbons (Fsp3) is 0.600. The third-order valence-electron chi connectivity index (χ3n) is 4.80. The zero-order valence-corrected chi connectivity index (χ0v) is 19.0. The van der Waals surface area contributed by atoms with Gasteiger partial charge >= 0.3 is 0 Å². The summed E-state index contributed by atoms with van der Waals surface area (Å²) >= 11 is 0. The number of amides is 1. The van der Waals surface area contributed by atoms with Crippen molar-refractivity contribution in [2.75, 3.05) is 26.7 Å². The molecule has 2 rings (SSSR count). The highest BCUT2D eigenvalue weighted by atomic mass is 127. The van der Waals surface area contributed by atoms with Crippen LogP contribution in [0, 0.1) is 0 Å². The smallest absolute Gasteiger partial charge is 0.239 e. The molecule has 2 atom stereocenters. The highest BCUT2D eigenvalue weighted by molar-refractivity contribution is 14.0. The molecule has 6 nitrogen and oxygen atoms in total. The van der Waals surface area contributed by atoms with Gasteiger partial charge in [-0.15, -0.1) is 24.0 Å². The lowest BCUT2D eigenvalue weighted by molar-refractivity contribution is -0.120. The van der Waals surface area contributed by atoms with E-state index in [9.17, 15) is 4.79 Å². The van der Waals surface area contributed by atoms with Crippen LogP contribution in [0.4, 0.5) is 0 Å². The summed E-state index contributed by atoms with van der Waals surface area (Å²) in [6.07, 6.45) is 3.08. The number of hydrogen-bond acceptors (Lipinski definition) is 3. The van der Waals surface area contributed by atoms with E-state index in [-0.39, 0.29) is 36.4 Å². The van der Waals surface area contributed by atoms with Crippen molar-refractivity contribution >= 4 is 35.8 Å². The van der Waals surface area contributed by atoms with Gasteiger partial charge in [0.15, 0.2) is 5.96 Å². The number of halogens is 1. The molecule has 0 spiro atoms. The van der Waals surface area contributed by atoms with E-state index in [1.807, 2.05) is 6.92 Å². The Labute approximate surface area is 180 Å². The van der Waals surface area contributed by atoms with Gasteiger partial charge in [-0.1, -0.05) is 37.3 Å². The Hall–Kier alpha value is -1.35. The minimum Gasteiger partial charge on any atom is -0.355 e. The summed E-state index contributed by atoms with van der Waals surface area (Å²) in [5.41, 5.74) is 1.36. The van der Waals surface area contributed by atoms with E-state index in [2.05, 4.69) is 63.1 Å². The van der Waals surface area contributed by atoms with Crippen LogP contribution in [-0.4, -0.2) is 55.5 Å². The highest BCUT2D eigenvalue weighted by Crippen LogP contribution is 2.19. The number of carbonyl (C=O) groups excluding carboxylic acids is 1. The molecule has 1 fully saturated rings. The highest BCUT2D eigenvalue weighted by Gasteiger charge is 2.26. The summed E-state index contributed by atoms with van der Waals surface area (Å²) in [6, 6.07) is 11.5. The van der Waals surface area contributed by atoms with Crippen molar-refractivity contribution in [3.8, 4) is 0 Å². The van der Waals surface area contributed by atoms with Crippen LogP contribution >= 0.6 is 24.0 Å². The van der Waals surface area contributed by atoms with Crippen LogP contribution in [0.15, 0.2) is 35.3 Å². The second kappa shape index (κ2) is 12.9. The average Bonchev–Trinajstić information content (AvgIpc) is 2.66. The molecule has 1 heterocycles. The van der Waals surface area contributed by atoms with E-state index in [1.54, 1.807) is 7.05 Å². The van der Waals surface area contributed by atoms with Crippen molar-refractivity contribution < 1.29 is 4.79 Å².